The van der Waals surface area contributed by atoms with Crippen molar-refractivity contribution in [1.82, 2.24) is 0 Å². The van der Waals surface area contributed by atoms with Gasteiger partial charge in [0.25, 0.3) is 0 Å². The number of ketones is 2. The topological polar surface area (TPSA) is 59.2 Å². The fourth-order valence-electron chi connectivity index (χ4n) is 2.63. The van der Waals surface area contributed by atoms with E-state index < -0.39 is 17.1 Å². The SMILES string of the molecule is CC(C)(C#CC(C)(C(=O)c1ccccc1)C1OO1)C(=O)c1ccccc1. The largest absolute Gasteiger partial charge is 0.292 e. The second kappa shape index (κ2) is 6.87. The molecule has 0 amide bonds. The Morgan fingerprint density at radius 1 is 0.769 bits per heavy atom. The van der Waals surface area contributed by atoms with E-state index >= 15 is 0 Å². The molecule has 1 heterocycles. The number of carbonyl (C=O) groups excluding carboxylic acids is 2. The molecule has 0 spiro atoms. The van der Waals surface area contributed by atoms with Gasteiger partial charge in [0.2, 0.25) is 6.29 Å². The predicted molar refractivity (Wildman–Crippen MR) is 97.2 cm³/mol. The Labute approximate surface area is 153 Å². The van der Waals surface area contributed by atoms with E-state index in [0.717, 1.165) is 0 Å². The summed E-state index contributed by atoms with van der Waals surface area (Å²) in [4.78, 5) is 35.6. The first-order valence-corrected chi connectivity index (χ1v) is 8.41. The molecule has 1 aliphatic heterocycles. The molecule has 1 fully saturated rings. The second-order valence-electron chi connectivity index (χ2n) is 6.99. The van der Waals surface area contributed by atoms with Crippen molar-refractivity contribution >= 4 is 11.6 Å². The van der Waals surface area contributed by atoms with Crippen LogP contribution in [-0.2, 0) is 9.78 Å². The molecule has 4 nitrogen and oxygen atoms in total. The van der Waals surface area contributed by atoms with Crippen LogP contribution in [0.15, 0.2) is 60.7 Å². The molecule has 1 atom stereocenters. The van der Waals surface area contributed by atoms with E-state index in [1.807, 2.05) is 24.3 Å². The number of rotatable bonds is 5. The van der Waals surface area contributed by atoms with Crippen LogP contribution in [0.5, 0.6) is 0 Å². The average Bonchev–Trinajstić information content (AvgIpc) is 3.52. The van der Waals surface area contributed by atoms with Gasteiger partial charge < -0.3 is 0 Å². The van der Waals surface area contributed by atoms with E-state index in [2.05, 4.69) is 11.8 Å². The molecule has 2 aromatic carbocycles. The predicted octanol–water partition coefficient (Wildman–Crippen LogP) is 4.08. The summed E-state index contributed by atoms with van der Waals surface area (Å²) in [5.41, 5.74) is -1.03. The maximum atomic E-state index is 13.0. The van der Waals surface area contributed by atoms with Gasteiger partial charge in [0.1, 0.15) is 5.41 Å². The van der Waals surface area contributed by atoms with Crippen molar-refractivity contribution in [2.45, 2.75) is 27.1 Å². The van der Waals surface area contributed by atoms with Gasteiger partial charge in [-0.15, -0.1) is 0 Å². The summed E-state index contributed by atoms with van der Waals surface area (Å²) in [6.45, 7) is 5.17. The number of carbonyl (C=O) groups is 2. The average molecular weight is 348 g/mol. The van der Waals surface area contributed by atoms with Gasteiger partial charge in [-0.05, 0) is 20.8 Å². The van der Waals surface area contributed by atoms with Crippen LogP contribution in [0.3, 0.4) is 0 Å². The molecule has 0 N–H and O–H groups in total. The summed E-state index contributed by atoms with van der Waals surface area (Å²) < 4.78 is 0. The summed E-state index contributed by atoms with van der Waals surface area (Å²) in [6.07, 6.45) is -0.731. The van der Waals surface area contributed by atoms with Crippen molar-refractivity contribution in [2.24, 2.45) is 10.8 Å². The Morgan fingerprint density at radius 2 is 1.23 bits per heavy atom. The molecule has 2 aromatic rings. The molecule has 0 bridgehead atoms. The molecule has 1 aliphatic rings. The first kappa shape index (κ1) is 18.1. The van der Waals surface area contributed by atoms with Crippen molar-refractivity contribution in [3.63, 3.8) is 0 Å². The molecular weight excluding hydrogens is 328 g/mol. The Balaban J connectivity index is 1.92. The van der Waals surface area contributed by atoms with E-state index in [-0.39, 0.29) is 11.6 Å². The monoisotopic (exact) mass is 348 g/mol. The lowest BCUT2D eigenvalue weighted by atomic mass is 9.79. The third kappa shape index (κ3) is 3.60. The normalized spacial score (nSPS) is 16.1. The zero-order valence-electron chi connectivity index (χ0n) is 15.0. The second-order valence-corrected chi connectivity index (χ2v) is 6.99. The van der Waals surface area contributed by atoms with Crippen LogP contribution in [0.25, 0.3) is 0 Å². The summed E-state index contributed by atoms with van der Waals surface area (Å²) in [5.74, 6) is 5.67. The maximum Gasteiger partial charge on any atom is 0.248 e. The van der Waals surface area contributed by atoms with Crippen LogP contribution in [0.4, 0.5) is 0 Å². The van der Waals surface area contributed by atoms with Crippen molar-refractivity contribution in [3.8, 4) is 11.8 Å². The van der Waals surface area contributed by atoms with E-state index in [4.69, 9.17) is 9.78 Å². The van der Waals surface area contributed by atoms with Crippen molar-refractivity contribution in [1.29, 1.82) is 0 Å². The summed E-state index contributed by atoms with van der Waals surface area (Å²) in [6, 6.07) is 17.9. The lowest BCUT2D eigenvalue weighted by Crippen LogP contribution is -2.33. The smallest absolute Gasteiger partial charge is 0.248 e. The van der Waals surface area contributed by atoms with Crippen molar-refractivity contribution < 1.29 is 19.4 Å². The summed E-state index contributed by atoms with van der Waals surface area (Å²) in [5, 5.41) is 0. The number of benzene rings is 2. The molecule has 1 unspecified atom stereocenters. The lowest BCUT2D eigenvalue weighted by Gasteiger charge is -2.20. The maximum absolute atomic E-state index is 13.0. The van der Waals surface area contributed by atoms with Gasteiger partial charge in [0, 0.05) is 11.1 Å². The van der Waals surface area contributed by atoms with Gasteiger partial charge in [-0.2, -0.15) is 9.78 Å². The minimum Gasteiger partial charge on any atom is -0.292 e. The summed E-state index contributed by atoms with van der Waals surface area (Å²) >= 11 is 0. The molecule has 4 heteroatoms. The Morgan fingerprint density at radius 3 is 1.69 bits per heavy atom. The highest BCUT2D eigenvalue weighted by Gasteiger charge is 2.51. The van der Waals surface area contributed by atoms with Gasteiger partial charge in [-0.1, -0.05) is 72.5 Å². The van der Waals surface area contributed by atoms with E-state index in [1.54, 1.807) is 57.2 Å². The minimum atomic E-state index is -1.18. The third-order valence-electron chi connectivity index (χ3n) is 4.41. The zero-order chi connectivity index (χ0) is 18.8. The molecule has 0 aliphatic carbocycles. The van der Waals surface area contributed by atoms with Gasteiger partial charge >= 0.3 is 0 Å². The molecular formula is C22H20O4. The highest BCUT2D eigenvalue weighted by atomic mass is 17.4. The van der Waals surface area contributed by atoms with Crippen LogP contribution in [-0.4, -0.2) is 17.9 Å². The Kier molecular flexibility index (Phi) is 4.78. The zero-order valence-corrected chi connectivity index (χ0v) is 15.0. The van der Waals surface area contributed by atoms with Gasteiger partial charge in [-0.25, -0.2) is 0 Å². The minimum absolute atomic E-state index is 0.0993. The Hall–Kier alpha value is -2.74. The molecule has 0 radical (unpaired) electrons. The van der Waals surface area contributed by atoms with E-state index in [1.165, 1.54) is 0 Å². The molecule has 3 rings (SSSR count). The van der Waals surface area contributed by atoms with Crippen LogP contribution >= 0.6 is 0 Å². The van der Waals surface area contributed by atoms with Crippen LogP contribution in [0, 0.1) is 22.7 Å². The van der Waals surface area contributed by atoms with Crippen LogP contribution < -0.4 is 0 Å². The van der Waals surface area contributed by atoms with E-state index in [0.29, 0.717) is 11.1 Å². The fourth-order valence-corrected chi connectivity index (χ4v) is 2.63. The first-order chi connectivity index (χ1) is 12.3. The Bertz CT molecular complexity index is 871. The lowest BCUT2D eigenvalue weighted by molar-refractivity contribution is 0.0840. The first-order valence-electron chi connectivity index (χ1n) is 8.41. The highest BCUT2D eigenvalue weighted by molar-refractivity contribution is 6.04. The van der Waals surface area contributed by atoms with Gasteiger partial charge in [-0.3, -0.25) is 9.59 Å². The van der Waals surface area contributed by atoms with Crippen molar-refractivity contribution in [2.75, 3.05) is 0 Å². The standard InChI is InChI=1S/C22H20O4/c1-21(2,18(23)16-10-6-4-7-11-16)14-15-22(3,20-25-26-20)19(24)17-12-8-5-9-13-17/h4-13,20H,1-3H3. The summed E-state index contributed by atoms with van der Waals surface area (Å²) in [7, 11) is 0. The van der Waals surface area contributed by atoms with Crippen LogP contribution in [0.1, 0.15) is 41.5 Å². The molecule has 0 aromatic heterocycles. The molecule has 132 valence electrons. The van der Waals surface area contributed by atoms with Gasteiger partial charge in [0.15, 0.2) is 11.6 Å². The molecule has 26 heavy (non-hydrogen) atoms. The highest BCUT2D eigenvalue weighted by Crippen LogP contribution is 2.37. The fraction of sp³-hybridized carbons (Fsp3) is 0.273. The quantitative estimate of drug-likeness (QED) is 0.354. The van der Waals surface area contributed by atoms with Gasteiger partial charge in [0.05, 0.1) is 5.41 Å². The number of hydrogen-bond acceptors (Lipinski definition) is 4. The van der Waals surface area contributed by atoms with Crippen molar-refractivity contribution in [3.05, 3.63) is 71.8 Å². The van der Waals surface area contributed by atoms with E-state index in [9.17, 15) is 9.59 Å². The molecule has 1 saturated heterocycles. The third-order valence-corrected chi connectivity index (χ3v) is 4.41. The number of hydrogen-bond donors (Lipinski definition) is 0. The number of Topliss-reactive ketones (excluding diaryl/α,β-unsaturated/α-hetero) is 2. The van der Waals surface area contributed by atoms with Crippen LogP contribution in [0.2, 0.25) is 0 Å². The molecule has 0 saturated carbocycles.